The van der Waals surface area contributed by atoms with E-state index < -0.39 is 31.1 Å². The van der Waals surface area contributed by atoms with Crippen LogP contribution in [0.5, 0.6) is 5.75 Å². The lowest BCUT2D eigenvalue weighted by Crippen LogP contribution is -2.46. The van der Waals surface area contributed by atoms with E-state index in [-0.39, 0.29) is 11.7 Å². The molecular formula is C27H27FNO5P. The van der Waals surface area contributed by atoms with Gasteiger partial charge in [0.05, 0.1) is 17.5 Å². The zero-order chi connectivity index (χ0) is 25.9. The second-order valence-electron chi connectivity index (χ2n) is 8.57. The van der Waals surface area contributed by atoms with Crippen molar-refractivity contribution in [3.05, 3.63) is 71.7 Å². The summed E-state index contributed by atoms with van der Waals surface area (Å²) >= 11 is 0. The first-order chi connectivity index (χ1) is 16.5. The molecule has 182 valence electrons. The van der Waals surface area contributed by atoms with Gasteiger partial charge in [0.2, 0.25) is 13.2 Å². The number of hydrogen-bond donors (Lipinski definition) is 2. The highest BCUT2D eigenvalue weighted by Crippen LogP contribution is 2.43. The molecule has 6 nitrogen and oxygen atoms in total. The SMILES string of the molecule is C#CC(C(=O)Oc1c(-c2ccc(F)cc2)cc(-c2ccccc2C)nc1C(C)C)(C(C)O)[PH](=O)O. The Morgan fingerprint density at radius 2 is 1.77 bits per heavy atom. The summed E-state index contributed by atoms with van der Waals surface area (Å²) in [5.74, 6) is 0.0915. The number of esters is 1. The molecule has 35 heavy (non-hydrogen) atoms. The van der Waals surface area contributed by atoms with Crippen LogP contribution in [0.1, 0.15) is 37.9 Å². The second kappa shape index (κ2) is 10.5. The summed E-state index contributed by atoms with van der Waals surface area (Å²) in [6.45, 7) is 6.81. The fourth-order valence-electron chi connectivity index (χ4n) is 3.74. The molecule has 0 spiro atoms. The Hall–Kier alpha value is -3.30. The number of aromatic nitrogens is 1. The molecule has 1 heterocycles. The minimum atomic E-state index is -3.75. The summed E-state index contributed by atoms with van der Waals surface area (Å²) in [7, 11) is -3.75. The number of terminal acetylenes is 1. The zero-order valence-electron chi connectivity index (χ0n) is 19.9. The lowest BCUT2D eigenvalue weighted by molar-refractivity contribution is -0.138. The molecule has 2 aromatic carbocycles. The average Bonchev–Trinajstić information content (AvgIpc) is 2.80. The molecule has 3 unspecified atom stereocenters. The van der Waals surface area contributed by atoms with E-state index in [0.717, 1.165) is 18.1 Å². The number of pyridine rings is 1. The number of ether oxygens (including phenoxy) is 1. The number of halogens is 1. The van der Waals surface area contributed by atoms with Crippen molar-refractivity contribution >= 4 is 14.0 Å². The molecule has 0 saturated heterocycles. The quantitative estimate of drug-likeness (QED) is 0.269. The Labute approximate surface area is 204 Å². The highest BCUT2D eigenvalue weighted by atomic mass is 31.1. The number of carbonyl (C=O) groups is 1. The molecule has 0 fully saturated rings. The molecule has 2 N–H and O–H groups in total. The van der Waals surface area contributed by atoms with Gasteiger partial charge in [-0.25, -0.2) is 14.2 Å². The minimum absolute atomic E-state index is 0.0254. The number of aryl methyl sites for hydroxylation is 1. The highest BCUT2D eigenvalue weighted by molar-refractivity contribution is 7.42. The zero-order valence-corrected chi connectivity index (χ0v) is 20.9. The molecule has 0 bridgehead atoms. The van der Waals surface area contributed by atoms with Gasteiger partial charge in [0.15, 0.2) is 5.75 Å². The first-order valence-electron chi connectivity index (χ1n) is 11.0. The molecule has 3 atom stereocenters. The third-order valence-electron chi connectivity index (χ3n) is 5.83. The summed E-state index contributed by atoms with van der Waals surface area (Å²) in [6, 6.07) is 15.0. The van der Waals surface area contributed by atoms with Crippen LogP contribution in [0.25, 0.3) is 22.4 Å². The lowest BCUT2D eigenvalue weighted by Gasteiger charge is -2.27. The van der Waals surface area contributed by atoms with E-state index >= 15 is 0 Å². The van der Waals surface area contributed by atoms with Crippen molar-refractivity contribution in [2.24, 2.45) is 0 Å². The molecule has 1 aromatic heterocycles. The minimum Gasteiger partial charge on any atom is -0.422 e. The van der Waals surface area contributed by atoms with Crippen molar-refractivity contribution in [1.29, 1.82) is 0 Å². The number of carbonyl (C=O) groups excluding carboxylic acids is 1. The third-order valence-corrected chi connectivity index (χ3v) is 7.27. The molecular weight excluding hydrogens is 468 g/mol. The van der Waals surface area contributed by atoms with Crippen molar-refractivity contribution < 1.29 is 28.5 Å². The number of benzene rings is 2. The van der Waals surface area contributed by atoms with Gasteiger partial charge in [0, 0.05) is 11.1 Å². The van der Waals surface area contributed by atoms with E-state index in [1.54, 1.807) is 6.07 Å². The van der Waals surface area contributed by atoms with Crippen molar-refractivity contribution in [2.75, 3.05) is 0 Å². The molecule has 8 heteroatoms. The summed E-state index contributed by atoms with van der Waals surface area (Å²) in [5, 5.41) is 7.73. The lowest BCUT2D eigenvalue weighted by atomic mass is 9.96. The number of aliphatic hydroxyl groups is 1. The van der Waals surface area contributed by atoms with E-state index in [0.29, 0.717) is 22.5 Å². The van der Waals surface area contributed by atoms with Crippen LogP contribution in [0.15, 0.2) is 54.6 Å². The summed E-state index contributed by atoms with van der Waals surface area (Å²) in [5.41, 5.74) is 3.80. The molecule has 0 aliphatic heterocycles. The summed E-state index contributed by atoms with van der Waals surface area (Å²) in [6.07, 6.45) is 3.80. The Kier molecular flexibility index (Phi) is 7.92. The van der Waals surface area contributed by atoms with Gasteiger partial charge in [-0.3, -0.25) is 4.57 Å². The van der Waals surface area contributed by atoms with E-state index in [1.165, 1.54) is 24.3 Å². The molecule has 0 aliphatic carbocycles. The van der Waals surface area contributed by atoms with E-state index in [9.17, 15) is 23.7 Å². The van der Waals surface area contributed by atoms with Crippen molar-refractivity contribution in [3.8, 4) is 40.5 Å². The maximum Gasteiger partial charge on any atom is 0.342 e. The van der Waals surface area contributed by atoms with Gasteiger partial charge in [-0.2, -0.15) is 0 Å². The number of hydrogen-bond acceptors (Lipinski definition) is 5. The van der Waals surface area contributed by atoms with Crippen LogP contribution in [0.4, 0.5) is 4.39 Å². The topological polar surface area (TPSA) is 96.7 Å². The van der Waals surface area contributed by atoms with E-state index in [4.69, 9.17) is 16.1 Å². The normalized spacial score (nSPS) is 14.6. The van der Waals surface area contributed by atoms with Crippen LogP contribution in [0.2, 0.25) is 0 Å². The molecule has 3 aromatic rings. The van der Waals surface area contributed by atoms with Crippen LogP contribution < -0.4 is 4.74 Å². The predicted octanol–water partition coefficient (Wildman–Crippen LogP) is 5.11. The van der Waals surface area contributed by atoms with Crippen molar-refractivity contribution in [3.63, 3.8) is 0 Å². The maximum atomic E-state index is 13.7. The first-order valence-corrected chi connectivity index (χ1v) is 12.4. The molecule has 3 rings (SSSR count). The van der Waals surface area contributed by atoms with Gasteiger partial charge in [-0.1, -0.05) is 56.2 Å². The van der Waals surface area contributed by atoms with E-state index in [1.807, 2.05) is 51.0 Å². The van der Waals surface area contributed by atoms with Gasteiger partial charge in [0.25, 0.3) is 0 Å². The van der Waals surface area contributed by atoms with Gasteiger partial charge in [-0.15, -0.1) is 6.42 Å². The standard InChI is InChI=1S/C27H27FNO5P/c1-6-27(18(5)30,35(32)33)26(31)34-25-22(19-11-13-20(28)14-12-19)15-23(29-24(25)16(2)3)21-10-8-7-9-17(21)4/h1,7-16,18,30,35H,2-5H3,(H,32,33). The van der Waals surface area contributed by atoms with Crippen LogP contribution in [-0.2, 0) is 9.36 Å². The van der Waals surface area contributed by atoms with Crippen LogP contribution in [0, 0.1) is 25.1 Å². The van der Waals surface area contributed by atoms with Crippen LogP contribution in [0.3, 0.4) is 0 Å². The van der Waals surface area contributed by atoms with Crippen LogP contribution in [-0.4, -0.2) is 32.2 Å². The second-order valence-corrected chi connectivity index (χ2v) is 9.97. The summed E-state index contributed by atoms with van der Waals surface area (Å²) in [4.78, 5) is 27.9. The molecule has 0 saturated carbocycles. The largest absolute Gasteiger partial charge is 0.422 e. The average molecular weight is 495 g/mol. The van der Waals surface area contributed by atoms with Gasteiger partial charge in [0.1, 0.15) is 5.82 Å². The Morgan fingerprint density at radius 1 is 1.14 bits per heavy atom. The summed E-state index contributed by atoms with van der Waals surface area (Å²) < 4.78 is 31.5. The van der Waals surface area contributed by atoms with Gasteiger partial charge >= 0.3 is 5.97 Å². The number of aliphatic hydroxyl groups excluding tert-OH is 1. The Morgan fingerprint density at radius 3 is 2.29 bits per heavy atom. The fraction of sp³-hybridized carbons (Fsp3) is 0.259. The number of rotatable bonds is 7. The Balaban J connectivity index is 2.31. The number of nitrogens with zero attached hydrogens (tertiary/aromatic N) is 1. The smallest absolute Gasteiger partial charge is 0.342 e. The van der Waals surface area contributed by atoms with Crippen molar-refractivity contribution in [1.82, 2.24) is 4.98 Å². The first kappa shape index (κ1) is 26.3. The molecule has 0 radical (unpaired) electrons. The molecule has 0 aliphatic rings. The highest BCUT2D eigenvalue weighted by Gasteiger charge is 2.49. The maximum absolute atomic E-state index is 13.7. The monoisotopic (exact) mass is 495 g/mol. The van der Waals surface area contributed by atoms with Crippen molar-refractivity contribution in [2.45, 2.75) is 44.9 Å². The predicted molar refractivity (Wildman–Crippen MR) is 134 cm³/mol. The van der Waals surface area contributed by atoms with Gasteiger partial charge < -0.3 is 14.7 Å². The Bertz CT molecular complexity index is 1310. The van der Waals surface area contributed by atoms with Gasteiger partial charge in [-0.05, 0) is 49.1 Å². The molecule has 0 amide bonds. The van der Waals surface area contributed by atoms with Crippen LogP contribution >= 0.6 is 8.03 Å². The fourth-order valence-corrected chi connectivity index (χ4v) is 4.45. The third kappa shape index (κ3) is 5.06. The van der Waals surface area contributed by atoms with E-state index in [2.05, 4.69) is 0 Å².